The fourth-order valence-electron chi connectivity index (χ4n) is 3.71. The van der Waals surface area contributed by atoms with Gasteiger partial charge in [-0.25, -0.2) is 0 Å². The largest absolute Gasteiger partial charge is 0.469 e. The first-order valence-corrected chi connectivity index (χ1v) is 10.5. The molecule has 6 heteroatoms. The molecule has 0 aliphatic heterocycles. The van der Waals surface area contributed by atoms with Crippen LogP contribution < -0.4 is 0 Å². The third-order valence-electron chi connectivity index (χ3n) is 4.99. The maximum Gasteiger partial charge on any atom is 0.307 e. The zero-order valence-corrected chi connectivity index (χ0v) is 18.7. The summed E-state index contributed by atoms with van der Waals surface area (Å²) in [6, 6.07) is 10.1. The van der Waals surface area contributed by atoms with Crippen molar-refractivity contribution in [3.05, 3.63) is 65.6 Å². The zero-order valence-electron chi connectivity index (χ0n) is 18.7. The van der Waals surface area contributed by atoms with Gasteiger partial charge in [-0.05, 0) is 56.0 Å². The Morgan fingerprint density at radius 3 is 2.52 bits per heavy atom. The second-order valence-electron chi connectivity index (χ2n) is 8.61. The summed E-state index contributed by atoms with van der Waals surface area (Å²) in [4.78, 5) is 28.2. The molecular weight excluding hydrogens is 392 g/mol. The summed E-state index contributed by atoms with van der Waals surface area (Å²) in [5.41, 5.74) is 3.90. The van der Waals surface area contributed by atoms with E-state index >= 15 is 0 Å². The van der Waals surface area contributed by atoms with Crippen LogP contribution >= 0.6 is 0 Å². The number of carbonyl (C=O) groups is 2. The normalized spacial score (nSPS) is 11.5. The van der Waals surface area contributed by atoms with Gasteiger partial charge in [-0.1, -0.05) is 18.2 Å². The fraction of sp³-hybridized carbons (Fsp3) is 0.400. The molecule has 31 heavy (non-hydrogen) atoms. The van der Waals surface area contributed by atoms with Gasteiger partial charge in [0.1, 0.15) is 5.60 Å². The van der Waals surface area contributed by atoms with E-state index in [4.69, 9.17) is 9.47 Å². The average Bonchev–Trinajstić information content (AvgIpc) is 3.08. The van der Waals surface area contributed by atoms with E-state index in [1.54, 1.807) is 6.20 Å². The summed E-state index contributed by atoms with van der Waals surface area (Å²) >= 11 is 0. The molecule has 0 saturated carbocycles. The molecule has 0 fully saturated rings. The minimum atomic E-state index is -0.494. The molecule has 1 aromatic carbocycles. The summed E-state index contributed by atoms with van der Waals surface area (Å²) < 4.78 is 12.4. The number of aryl methyl sites for hydroxylation is 2. The molecule has 0 bridgehead atoms. The first-order valence-electron chi connectivity index (χ1n) is 10.5. The zero-order chi connectivity index (χ0) is 22.4. The van der Waals surface area contributed by atoms with Crippen LogP contribution in [-0.2, 0) is 38.4 Å². The van der Waals surface area contributed by atoms with Crippen molar-refractivity contribution in [2.75, 3.05) is 7.11 Å². The summed E-state index contributed by atoms with van der Waals surface area (Å²) in [6.45, 7) is 6.16. The standard InChI is InChI=1S/C25H30N2O4/c1-25(2,3)31-23(29)11-10-19-8-5-9-21-24(19)20(15-18-7-6-13-26-16-18)17-27(21)14-12-22(28)30-4/h5-9,13,16-17H,10-12,14-15H2,1-4H3. The van der Waals surface area contributed by atoms with Crippen molar-refractivity contribution in [2.45, 2.75) is 58.6 Å². The van der Waals surface area contributed by atoms with Gasteiger partial charge in [-0.15, -0.1) is 0 Å². The van der Waals surface area contributed by atoms with E-state index in [0.29, 0.717) is 25.8 Å². The van der Waals surface area contributed by atoms with Gasteiger partial charge in [0.15, 0.2) is 0 Å². The first-order chi connectivity index (χ1) is 14.8. The van der Waals surface area contributed by atoms with Gasteiger partial charge < -0.3 is 14.0 Å². The highest BCUT2D eigenvalue weighted by Gasteiger charge is 2.18. The number of ether oxygens (including phenoxy) is 2. The molecule has 0 spiro atoms. The van der Waals surface area contributed by atoms with E-state index in [0.717, 1.165) is 34.0 Å². The molecule has 6 nitrogen and oxygen atoms in total. The van der Waals surface area contributed by atoms with E-state index in [-0.39, 0.29) is 11.9 Å². The number of hydrogen-bond donors (Lipinski definition) is 0. The smallest absolute Gasteiger partial charge is 0.307 e. The van der Waals surface area contributed by atoms with Crippen molar-refractivity contribution in [2.24, 2.45) is 0 Å². The highest BCUT2D eigenvalue weighted by atomic mass is 16.6. The van der Waals surface area contributed by atoms with Crippen molar-refractivity contribution >= 4 is 22.8 Å². The van der Waals surface area contributed by atoms with Crippen LogP contribution in [-0.4, -0.2) is 34.2 Å². The second kappa shape index (κ2) is 9.77. The van der Waals surface area contributed by atoms with Crippen molar-refractivity contribution in [1.29, 1.82) is 0 Å². The Hall–Kier alpha value is -3.15. The third kappa shape index (κ3) is 6.17. The van der Waals surface area contributed by atoms with Crippen molar-refractivity contribution in [3.8, 4) is 0 Å². The summed E-state index contributed by atoms with van der Waals surface area (Å²) in [7, 11) is 1.40. The maximum absolute atomic E-state index is 12.3. The monoisotopic (exact) mass is 422 g/mol. The molecule has 2 heterocycles. The molecule has 0 saturated heterocycles. The Kier molecular flexibility index (Phi) is 7.10. The molecule has 0 aliphatic rings. The summed E-state index contributed by atoms with van der Waals surface area (Å²) in [5, 5.41) is 1.12. The van der Waals surface area contributed by atoms with Crippen LogP contribution in [0.3, 0.4) is 0 Å². The molecule has 3 rings (SSSR count). The topological polar surface area (TPSA) is 70.4 Å². The van der Waals surface area contributed by atoms with Crippen LogP contribution in [0.4, 0.5) is 0 Å². The minimum absolute atomic E-state index is 0.205. The molecular formula is C25H30N2O4. The molecule has 0 amide bonds. The molecule has 164 valence electrons. The third-order valence-corrected chi connectivity index (χ3v) is 4.99. The Morgan fingerprint density at radius 1 is 1.03 bits per heavy atom. The van der Waals surface area contributed by atoms with E-state index in [1.165, 1.54) is 7.11 Å². The number of methoxy groups -OCH3 is 1. The lowest BCUT2D eigenvalue weighted by Gasteiger charge is -2.19. The molecule has 0 unspecified atom stereocenters. The van der Waals surface area contributed by atoms with Gasteiger partial charge in [-0.2, -0.15) is 0 Å². The van der Waals surface area contributed by atoms with Gasteiger partial charge in [-0.3, -0.25) is 14.6 Å². The van der Waals surface area contributed by atoms with Crippen LogP contribution in [0.2, 0.25) is 0 Å². The van der Waals surface area contributed by atoms with Gasteiger partial charge in [0, 0.05) is 48.9 Å². The van der Waals surface area contributed by atoms with Crippen LogP contribution in [0.25, 0.3) is 10.9 Å². The summed E-state index contributed by atoms with van der Waals surface area (Å²) in [6.07, 6.45) is 7.64. The van der Waals surface area contributed by atoms with E-state index < -0.39 is 5.60 Å². The fourth-order valence-corrected chi connectivity index (χ4v) is 3.71. The number of nitrogens with zero attached hydrogens (tertiary/aromatic N) is 2. The lowest BCUT2D eigenvalue weighted by atomic mass is 9.99. The number of pyridine rings is 1. The second-order valence-corrected chi connectivity index (χ2v) is 8.61. The number of esters is 2. The minimum Gasteiger partial charge on any atom is -0.469 e. The number of aromatic nitrogens is 2. The first kappa shape index (κ1) is 22.5. The lowest BCUT2D eigenvalue weighted by molar-refractivity contribution is -0.154. The van der Waals surface area contributed by atoms with E-state index in [2.05, 4.69) is 27.9 Å². The van der Waals surface area contributed by atoms with Crippen molar-refractivity contribution in [3.63, 3.8) is 0 Å². The number of hydrogen-bond acceptors (Lipinski definition) is 5. The number of fused-ring (bicyclic) bond motifs is 1. The van der Waals surface area contributed by atoms with Gasteiger partial charge >= 0.3 is 11.9 Å². The molecule has 0 aliphatic carbocycles. The van der Waals surface area contributed by atoms with E-state index in [1.807, 2.05) is 45.2 Å². The van der Waals surface area contributed by atoms with Crippen molar-refractivity contribution < 1.29 is 19.1 Å². The predicted molar refractivity (Wildman–Crippen MR) is 120 cm³/mol. The Labute approximate surface area is 183 Å². The average molecular weight is 423 g/mol. The molecule has 0 N–H and O–H groups in total. The quantitative estimate of drug-likeness (QED) is 0.501. The summed E-state index contributed by atoms with van der Waals surface area (Å²) in [5.74, 6) is -0.444. The molecule has 2 aromatic heterocycles. The number of benzene rings is 1. The Balaban J connectivity index is 1.93. The molecule has 3 aromatic rings. The molecule has 0 atom stereocenters. The van der Waals surface area contributed by atoms with E-state index in [9.17, 15) is 9.59 Å². The predicted octanol–water partition coefficient (Wildman–Crippen LogP) is 4.46. The number of carbonyl (C=O) groups excluding carboxylic acids is 2. The van der Waals surface area contributed by atoms with Crippen LogP contribution in [0.15, 0.2) is 48.9 Å². The van der Waals surface area contributed by atoms with Gasteiger partial charge in [0.2, 0.25) is 0 Å². The molecule has 0 radical (unpaired) electrons. The number of rotatable bonds is 8. The maximum atomic E-state index is 12.3. The highest BCUT2D eigenvalue weighted by Crippen LogP contribution is 2.29. The van der Waals surface area contributed by atoms with Gasteiger partial charge in [0.25, 0.3) is 0 Å². The lowest BCUT2D eigenvalue weighted by Crippen LogP contribution is -2.24. The van der Waals surface area contributed by atoms with Crippen molar-refractivity contribution in [1.82, 2.24) is 9.55 Å². The van der Waals surface area contributed by atoms with Crippen LogP contribution in [0.1, 0.15) is 50.3 Å². The van der Waals surface area contributed by atoms with Crippen LogP contribution in [0.5, 0.6) is 0 Å². The SMILES string of the molecule is COC(=O)CCn1cc(Cc2cccnc2)c2c(CCC(=O)OC(C)(C)C)cccc21. The highest BCUT2D eigenvalue weighted by molar-refractivity contribution is 5.88. The van der Waals surface area contributed by atoms with Crippen LogP contribution in [0, 0.1) is 0 Å². The Morgan fingerprint density at radius 2 is 1.84 bits per heavy atom. The Bertz CT molecular complexity index is 1050. The van der Waals surface area contributed by atoms with Gasteiger partial charge in [0.05, 0.1) is 13.5 Å².